The van der Waals surface area contributed by atoms with Crippen molar-refractivity contribution in [3.63, 3.8) is 0 Å². The van der Waals surface area contributed by atoms with Crippen LogP contribution in [-0.4, -0.2) is 48.0 Å². The highest BCUT2D eigenvalue weighted by Gasteiger charge is 2.21. The number of likely N-dealkylation sites (N-methyl/N-ethyl adjacent to an activating group) is 2. The van der Waals surface area contributed by atoms with Crippen molar-refractivity contribution in [2.24, 2.45) is 0 Å². The van der Waals surface area contributed by atoms with E-state index in [1.54, 1.807) is 4.90 Å². The summed E-state index contributed by atoms with van der Waals surface area (Å²) in [6.45, 7) is 9.52. The molecule has 0 bridgehead atoms. The molecule has 1 aromatic rings. The van der Waals surface area contributed by atoms with Crippen LogP contribution in [0.25, 0.3) is 0 Å². The predicted molar refractivity (Wildman–Crippen MR) is 83.5 cm³/mol. The molecule has 1 aromatic heterocycles. The Labute approximate surface area is 124 Å². The molecule has 0 aromatic carbocycles. The van der Waals surface area contributed by atoms with Gasteiger partial charge in [-0.15, -0.1) is 0 Å². The van der Waals surface area contributed by atoms with Gasteiger partial charge in [-0.25, -0.2) is 0 Å². The van der Waals surface area contributed by atoms with Crippen LogP contribution in [0.15, 0.2) is 0 Å². The van der Waals surface area contributed by atoms with Crippen LogP contribution in [0.2, 0.25) is 0 Å². The number of nitrogens with zero attached hydrogens (tertiary/aromatic N) is 3. The molecule has 1 amide bonds. The molecular formula is C13H24N4O2S. The molecule has 0 saturated heterocycles. The summed E-state index contributed by atoms with van der Waals surface area (Å²) in [6.07, 6.45) is 0.0133. The number of amides is 1. The predicted octanol–water partition coefficient (Wildman–Crippen LogP) is 1.82. The molecule has 0 aliphatic carbocycles. The monoisotopic (exact) mass is 300 g/mol. The van der Waals surface area contributed by atoms with Crippen LogP contribution < -0.4 is 15.4 Å². The third-order valence-corrected chi connectivity index (χ3v) is 3.80. The zero-order chi connectivity index (χ0) is 15.3. The molecule has 0 saturated carbocycles. The van der Waals surface area contributed by atoms with E-state index < -0.39 is 0 Å². The quantitative estimate of drug-likeness (QED) is 0.831. The largest absolute Gasteiger partial charge is 0.484 e. The summed E-state index contributed by atoms with van der Waals surface area (Å²) in [4.78, 5) is 15.8. The molecule has 1 rings (SSSR count). The molecule has 0 unspecified atom stereocenters. The highest BCUT2D eigenvalue weighted by Crippen LogP contribution is 2.38. The minimum atomic E-state index is 0.0133. The van der Waals surface area contributed by atoms with Gasteiger partial charge in [0, 0.05) is 20.1 Å². The van der Waals surface area contributed by atoms with Crippen LogP contribution in [0, 0.1) is 0 Å². The molecule has 20 heavy (non-hydrogen) atoms. The Bertz CT molecular complexity index is 444. The van der Waals surface area contributed by atoms with Gasteiger partial charge in [-0.3, -0.25) is 4.79 Å². The zero-order valence-corrected chi connectivity index (χ0v) is 13.7. The molecule has 114 valence electrons. The number of hydrogen-bond donors (Lipinski definition) is 1. The van der Waals surface area contributed by atoms with Gasteiger partial charge in [0.2, 0.25) is 5.91 Å². The number of carbonyl (C=O) groups is 1. The van der Waals surface area contributed by atoms with Gasteiger partial charge in [0.15, 0.2) is 16.6 Å². The van der Waals surface area contributed by atoms with Crippen LogP contribution in [0.3, 0.4) is 0 Å². The molecule has 0 radical (unpaired) electrons. The summed E-state index contributed by atoms with van der Waals surface area (Å²) >= 11 is 1.25. The number of anilines is 2. The first-order valence-corrected chi connectivity index (χ1v) is 7.58. The highest BCUT2D eigenvalue weighted by atomic mass is 32.1. The number of ether oxygens (including phenoxy) is 1. The molecule has 0 aliphatic heterocycles. The van der Waals surface area contributed by atoms with Gasteiger partial charge in [-0.05, 0) is 39.2 Å². The number of aromatic nitrogens is 1. The number of rotatable bonds is 7. The van der Waals surface area contributed by atoms with Crippen molar-refractivity contribution in [2.75, 3.05) is 37.3 Å². The third kappa shape index (κ3) is 4.00. The van der Waals surface area contributed by atoms with E-state index in [0.717, 1.165) is 5.00 Å². The Kier molecular flexibility index (Phi) is 6.06. The SMILES string of the molecule is CCN(CC)C(=O)CN(C)c1snc(N)c1OC(C)C. The number of carbonyl (C=O) groups excluding carboxylic acids is 1. The first-order chi connectivity index (χ1) is 9.40. The van der Waals surface area contributed by atoms with Gasteiger partial charge in [0.05, 0.1) is 12.6 Å². The summed E-state index contributed by atoms with van der Waals surface area (Å²) < 4.78 is 9.80. The van der Waals surface area contributed by atoms with Crippen LogP contribution in [0.1, 0.15) is 27.7 Å². The lowest BCUT2D eigenvalue weighted by atomic mass is 10.4. The lowest BCUT2D eigenvalue weighted by molar-refractivity contribution is -0.129. The Hall–Kier alpha value is -1.50. The normalized spacial score (nSPS) is 10.7. The van der Waals surface area contributed by atoms with E-state index in [1.807, 2.05) is 39.6 Å². The second-order valence-electron chi connectivity index (χ2n) is 4.79. The molecular weight excluding hydrogens is 276 g/mol. The van der Waals surface area contributed by atoms with E-state index >= 15 is 0 Å². The van der Waals surface area contributed by atoms with E-state index in [9.17, 15) is 4.79 Å². The van der Waals surface area contributed by atoms with Crippen LogP contribution in [-0.2, 0) is 4.79 Å². The highest BCUT2D eigenvalue weighted by molar-refractivity contribution is 7.11. The summed E-state index contributed by atoms with van der Waals surface area (Å²) in [5, 5.41) is 0.789. The van der Waals surface area contributed by atoms with Crippen LogP contribution >= 0.6 is 11.5 Å². The number of nitrogens with two attached hydrogens (primary N) is 1. The van der Waals surface area contributed by atoms with Gasteiger partial charge in [0.25, 0.3) is 0 Å². The number of hydrogen-bond acceptors (Lipinski definition) is 6. The molecule has 0 aliphatic rings. The van der Waals surface area contributed by atoms with E-state index in [-0.39, 0.29) is 18.6 Å². The molecule has 7 heteroatoms. The summed E-state index contributed by atoms with van der Waals surface area (Å²) in [7, 11) is 1.85. The minimum absolute atomic E-state index is 0.0133. The molecule has 2 N–H and O–H groups in total. The average Bonchev–Trinajstić information content (AvgIpc) is 2.72. The van der Waals surface area contributed by atoms with Crippen molar-refractivity contribution < 1.29 is 9.53 Å². The van der Waals surface area contributed by atoms with Crippen molar-refractivity contribution in [1.82, 2.24) is 9.27 Å². The fourth-order valence-corrected chi connectivity index (χ4v) is 2.53. The van der Waals surface area contributed by atoms with Gasteiger partial charge >= 0.3 is 0 Å². The summed E-state index contributed by atoms with van der Waals surface area (Å²) in [5.41, 5.74) is 5.82. The zero-order valence-electron chi connectivity index (χ0n) is 12.8. The summed E-state index contributed by atoms with van der Waals surface area (Å²) in [5.74, 6) is 1.03. The average molecular weight is 300 g/mol. The maximum atomic E-state index is 12.1. The standard InChI is InChI=1S/C13H24N4O2S/c1-6-17(7-2)10(18)8-16(5)13-11(19-9(3)4)12(14)15-20-13/h9H,6-8H2,1-5H3,(H2,14,15). The number of nitrogen functional groups attached to an aromatic ring is 1. The maximum absolute atomic E-state index is 12.1. The molecule has 0 atom stereocenters. The van der Waals surface area contributed by atoms with E-state index in [0.29, 0.717) is 24.7 Å². The first-order valence-electron chi connectivity index (χ1n) is 6.81. The lowest BCUT2D eigenvalue weighted by Crippen LogP contribution is -2.38. The third-order valence-electron chi connectivity index (χ3n) is 2.85. The first kappa shape index (κ1) is 16.6. The van der Waals surface area contributed by atoms with Crippen molar-refractivity contribution in [3.05, 3.63) is 0 Å². The second-order valence-corrected chi connectivity index (χ2v) is 5.54. The van der Waals surface area contributed by atoms with Gasteiger partial charge in [0.1, 0.15) is 0 Å². The van der Waals surface area contributed by atoms with E-state index in [1.165, 1.54) is 11.5 Å². The van der Waals surface area contributed by atoms with Gasteiger partial charge in [-0.2, -0.15) is 4.37 Å². The molecule has 0 spiro atoms. The van der Waals surface area contributed by atoms with Crippen LogP contribution in [0.4, 0.5) is 10.8 Å². The Morgan fingerprint density at radius 2 is 2.00 bits per heavy atom. The molecule has 6 nitrogen and oxygen atoms in total. The van der Waals surface area contributed by atoms with Crippen molar-refractivity contribution >= 4 is 28.3 Å². The van der Waals surface area contributed by atoms with Crippen molar-refractivity contribution in [1.29, 1.82) is 0 Å². The van der Waals surface area contributed by atoms with Crippen molar-refractivity contribution in [3.8, 4) is 5.75 Å². The fraction of sp³-hybridized carbons (Fsp3) is 0.692. The van der Waals surface area contributed by atoms with Crippen LogP contribution in [0.5, 0.6) is 5.75 Å². The van der Waals surface area contributed by atoms with E-state index in [4.69, 9.17) is 10.5 Å². The minimum Gasteiger partial charge on any atom is -0.484 e. The maximum Gasteiger partial charge on any atom is 0.242 e. The topological polar surface area (TPSA) is 71.7 Å². The second kappa shape index (κ2) is 7.33. The molecule has 1 heterocycles. The van der Waals surface area contributed by atoms with Crippen molar-refractivity contribution in [2.45, 2.75) is 33.8 Å². The Balaban J connectivity index is 2.82. The smallest absolute Gasteiger partial charge is 0.242 e. The Morgan fingerprint density at radius 1 is 1.40 bits per heavy atom. The van der Waals surface area contributed by atoms with E-state index in [2.05, 4.69) is 4.37 Å². The Morgan fingerprint density at radius 3 is 2.50 bits per heavy atom. The fourth-order valence-electron chi connectivity index (χ4n) is 1.83. The van der Waals surface area contributed by atoms with Gasteiger partial charge < -0.3 is 20.3 Å². The van der Waals surface area contributed by atoms with Gasteiger partial charge in [-0.1, -0.05) is 0 Å². The lowest BCUT2D eigenvalue weighted by Gasteiger charge is -2.24. The molecule has 0 fully saturated rings. The summed E-state index contributed by atoms with van der Waals surface area (Å²) in [6, 6.07) is 0.